The van der Waals surface area contributed by atoms with Crippen molar-refractivity contribution in [3.8, 4) is 12.1 Å². The minimum atomic E-state index is 0.181. The van der Waals surface area contributed by atoms with E-state index in [-0.39, 0.29) is 11.4 Å². The molecule has 6 heteroatoms. The van der Waals surface area contributed by atoms with Crippen LogP contribution in [0.25, 0.3) is 0 Å². The van der Waals surface area contributed by atoms with Crippen LogP contribution < -0.4 is 5.73 Å². The van der Waals surface area contributed by atoms with Gasteiger partial charge in [0.1, 0.15) is 23.0 Å². The van der Waals surface area contributed by atoms with Crippen molar-refractivity contribution < 1.29 is 0 Å². The second-order valence-electron chi connectivity index (χ2n) is 3.68. The van der Waals surface area contributed by atoms with Crippen molar-refractivity contribution >= 4 is 28.9 Å². The third-order valence-electron chi connectivity index (χ3n) is 2.43. The summed E-state index contributed by atoms with van der Waals surface area (Å²) in [6.07, 6.45) is 0.925. The Bertz CT molecular complexity index is 651. The highest BCUT2D eigenvalue weighted by Gasteiger charge is 2.10. The number of aromatic nitrogens is 1. The van der Waals surface area contributed by atoms with Gasteiger partial charge in [0.25, 0.3) is 0 Å². The second-order valence-corrected chi connectivity index (χ2v) is 5.79. The summed E-state index contributed by atoms with van der Waals surface area (Å²) >= 11 is 3.20. The Hall–Kier alpha value is -2.02. The quantitative estimate of drug-likeness (QED) is 0.873. The SMILES string of the molecule is N#Cc1cc(C#N)c(SCCc2cccs2)nc1N. The van der Waals surface area contributed by atoms with Crippen LogP contribution in [0.15, 0.2) is 28.6 Å². The number of aryl methyl sites for hydroxylation is 1. The summed E-state index contributed by atoms with van der Waals surface area (Å²) in [6, 6.07) is 9.58. The average molecular weight is 286 g/mol. The normalized spacial score (nSPS) is 9.79. The molecule has 0 saturated heterocycles. The predicted molar refractivity (Wildman–Crippen MR) is 76.8 cm³/mol. The molecule has 2 aromatic heterocycles. The molecule has 0 aliphatic carbocycles. The van der Waals surface area contributed by atoms with E-state index in [1.165, 1.54) is 22.7 Å². The summed E-state index contributed by atoms with van der Waals surface area (Å²) in [4.78, 5) is 5.43. The first kappa shape index (κ1) is 13.4. The van der Waals surface area contributed by atoms with E-state index in [0.717, 1.165) is 12.2 Å². The molecule has 2 rings (SSSR count). The standard InChI is InChI=1S/C13H10N4S2/c14-7-9-6-10(8-15)13(17-12(9)16)19-5-3-11-2-1-4-18-11/h1-2,4,6H,3,5H2,(H2,16,17). The number of nitriles is 2. The average Bonchev–Trinajstić information content (AvgIpc) is 2.92. The molecule has 4 nitrogen and oxygen atoms in total. The van der Waals surface area contributed by atoms with Crippen molar-refractivity contribution in [3.63, 3.8) is 0 Å². The van der Waals surface area contributed by atoms with Gasteiger partial charge < -0.3 is 5.73 Å². The Labute approximate surface area is 119 Å². The van der Waals surface area contributed by atoms with E-state index in [9.17, 15) is 0 Å². The van der Waals surface area contributed by atoms with Crippen LogP contribution in [0.3, 0.4) is 0 Å². The fourth-order valence-electron chi connectivity index (χ4n) is 1.49. The summed E-state index contributed by atoms with van der Waals surface area (Å²) in [5, 5.41) is 20.5. The molecule has 0 saturated carbocycles. The first-order valence-electron chi connectivity index (χ1n) is 5.50. The molecule has 0 bridgehead atoms. The molecule has 2 N–H and O–H groups in total. The van der Waals surface area contributed by atoms with Crippen molar-refractivity contribution in [2.45, 2.75) is 11.4 Å². The molecule has 2 aromatic rings. The minimum Gasteiger partial charge on any atom is -0.383 e. The number of nitrogens with two attached hydrogens (primary N) is 1. The van der Waals surface area contributed by atoms with Gasteiger partial charge in [0.15, 0.2) is 0 Å². The summed E-state index contributed by atoms with van der Waals surface area (Å²) in [5.74, 6) is 1.01. The largest absolute Gasteiger partial charge is 0.383 e. The van der Waals surface area contributed by atoms with Gasteiger partial charge in [-0.15, -0.1) is 23.1 Å². The highest BCUT2D eigenvalue weighted by Crippen LogP contribution is 2.25. The summed E-state index contributed by atoms with van der Waals surface area (Å²) in [6.45, 7) is 0. The molecule has 0 aliphatic heterocycles. The topological polar surface area (TPSA) is 86.5 Å². The number of nitrogen functional groups attached to an aromatic ring is 1. The van der Waals surface area contributed by atoms with Gasteiger partial charge in [-0.1, -0.05) is 6.07 Å². The third-order valence-corrected chi connectivity index (χ3v) is 4.35. The monoisotopic (exact) mass is 286 g/mol. The lowest BCUT2D eigenvalue weighted by Crippen LogP contribution is -1.99. The van der Waals surface area contributed by atoms with Gasteiger partial charge in [-0.3, -0.25) is 0 Å². The summed E-state index contributed by atoms with van der Waals surface area (Å²) in [7, 11) is 0. The Morgan fingerprint density at radius 2 is 2.11 bits per heavy atom. The molecule has 0 amide bonds. The van der Waals surface area contributed by atoms with Crippen molar-refractivity contribution in [2.24, 2.45) is 0 Å². The van der Waals surface area contributed by atoms with Crippen LogP contribution in [0.4, 0.5) is 5.82 Å². The molecular weight excluding hydrogens is 276 g/mol. The van der Waals surface area contributed by atoms with Gasteiger partial charge in [-0.2, -0.15) is 10.5 Å². The van der Waals surface area contributed by atoms with E-state index < -0.39 is 0 Å². The fourth-order valence-corrected chi connectivity index (χ4v) is 3.27. The molecule has 94 valence electrons. The Balaban J connectivity index is 2.10. The van der Waals surface area contributed by atoms with E-state index in [1.54, 1.807) is 11.3 Å². The first-order chi connectivity index (χ1) is 9.24. The lowest BCUT2D eigenvalue weighted by atomic mass is 10.2. The number of hydrogen-bond acceptors (Lipinski definition) is 6. The van der Waals surface area contributed by atoms with E-state index in [1.807, 2.05) is 17.5 Å². The minimum absolute atomic E-state index is 0.181. The lowest BCUT2D eigenvalue weighted by molar-refractivity contribution is 1.10. The van der Waals surface area contributed by atoms with Crippen LogP contribution >= 0.6 is 23.1 Å². The Morgan fingerprint density at radius 1 is 1.32 bits per heavy atom. The molecule has 0 fully saturated rings. The molecule has 0 atom stereocenters. The van der Waals surface area contributed by atoms with E-state index in [0.29, 0.717) is 10.6 Å². The molecular formula is C13H10N4S2. The maximum absolute atomic E-state index is 9.06. The van der Waals surface area contributed by atoms with Gasteiger partial charge in [-0.05, 0) is 23.9 Å². The molecule has 19 heavy (non-hydrogen) atoms. The van der Waals surface area contributed by atoms with E-state index in [2.05, 4.69) is 17.1 Å². The maximum atomic E-state index is 9.06. The van der Waals surface area contributed by atoms with Crippen LogP contribution in [0.5, 0.6) is 0 Å². The van der Waals surface area contributed by atoms with Crippen molar-refractivity contribution in [1.29, 1.82) is 10.5 Å². The number of hydrogen-bond donors (Lipinski definition) is 1. The van der Waals surface area contributed by atoms with E-state index in [4.69, 9.17) is 16.3 Å². The van der Waals surface area contributed by atoms with Crippen LogP contribution in [0, 0.1) is 22.7 Å². The molecule has 2 heterocycles. The number of thioether (sulfide) groups is 1. The fraction of sp³-hybridized carbons (Fsp3) is 0.154. The van der Waals surface area contributed by atoms with Crippen molar-refractivity contribution in [3.05, 3.63) is 39.6 Å². The van der Waals surface area contributed by atoms with Crippen LogP contribution in [-0.2, 0) is 6.42 Å². The Kier molecular flexibility index (Phi) is 4.40. The third kappa shape index (κ3) is 3.25. The number of nitrogens with zero attached hydrogens (tertiary/aromatic N) is 3. The molecule has 0 radical (unpaired) electrons. The number of rotatable bonds is 4. The number of anilines is 1. The van der Waals surface area contributed by atoms with Gasteiger partial charge in [0.05, 0.1) is 11.1 Å². The van der Waals surface area contributed by atoms with E-state index >= 15 is 0 Å². The van der Waals surface area contributed by atoms with Gasteiger partial charge in [0, 0.05) is 10.6 Å². The zero-order valence-electron chi connectivity index (χ0n) is 9.96. The Morgan fingerprint density at radius 3 is 2.74 bits per heavy atom. The lowest BCUT2D eigenvalue weighted by Gasteiger charge is -2.05. The highest BCUT2D eigenvalue weighted by atomic mass is 32.2. The second kappa shape index (κ2) is 6.24. The van der Waals surface area contributed by atoms with Gasteiger partial charge in [-0.25, -0.2) is 4.98 Å². The first-order valence-corrected chi connectivity index (χ1v) is 7.37. The van der Waals surface area contributed by atoms with Gasteiger partial charge >= 0.3 is 0 Å². The predicted octanol–water partition coefficient (Wildman–Crippen LogP) is 2.80. The van der Waals surface area contributed by atoms with Crippen LogP contribution in [-0.4, -0.2) is 10.7 Å². The number of pyridine rings is 1. The zero-order chi connectivity index (χ0) is 13.7. The summed E-state index contributed by atoms with van der Waals surface area (Å²) in [5.41, 5.74) is 6.32. The highest BCUT2D eigenvalue weighted by molar-refractivity contribution is 7.99. The molecule has 0 unspecified atom stereocenters. The molecule has 0 aliphatic rings. The summed E-state index contributed by atoms with van der Waals surface area (Å²) < 4.78 is 0. The smallest absolute Gasteiger partial charge is 0.142 e. The zero-order valence-corrected chi connectivity index (χ0v) is 11.6. The molecule has 0 aromatic carbocycles. The molecule has 0 spiro atoms. The van der Waals surface area contributed by atoms with Crippen LogP contribution in [0.2, 0.25) is 0 Å². The van der Waals surface area contributed by atoms with Crippen molar-refractivity contribution in [2.75, 3.05) is 11.5 Å². The van der Waals surface area contributed by atoms with Crippen molar-refractivity contribution in [1.82, 2.24) is 4.98 Å². The maximum Gasteiger partial charge on any atom is 0.142 e. The van der Waals surface area contributed by atoms with Crippen LogP contribution in [0.1, 0.15) is 16.0 Å². The number of thiophene rings is 1. The van der Waals surface area contributed by atoms with Gasteiger partial charge in [0.2, 0.25) is 0 Å².